The molecule has 3 rings (SSSR count). The van der Waals surface area contributed by atoms with Gasteiger partial charge in [0.25, 0.3) is 0 Å². The van der Waals surface area contributed by atoms with Gasteiger partial charge in [0.05, 0.1) is 25.4 Å². The van der Waals surface area contributed by atoms with Gasteiger partial charge in [0.1, 0.15) is 5.69 Å². The predicted molar refractivity (Wildman–Crippen MR) is 106 cm³/mol. The van der Waals surface area contributed by atoms with Gasteiger partial charge in [-0.1, -0.05) is 25.1 Å². The summed E-state index contributed by atoms with van der Waals surface area (Å²) < 4.78 is 8.16. The SMILES string of the molecule is CCCn1cc(-n2ccc(=O)c(C(=O)c3cccc(CC(=O)OCC)c3)n2)cn1. The highest BCUT2D eigenvalue weighted by Crippen LogP contribution is 2.11. The lowest BCUT2D eigenvalue weighted by Gasteiger charge is -2.06. The van der Waals surface area contributed by atoms with Crippen molar-refractivity contribution in [2.75, 3.05) is 6.61 Å². The summed E-state index contributed by atoms with van der Waals surface area (Å²) in [6.45, 7) is 4.83. The molecule has 0 aliphatic carbocycles. The first-order chi connectivity index (χ1) is 14.0. The minimum absolute atomic E-state index is 0.0536. The summed E-state index contributed by atoms with van der Waals surface area (Å²) in [5.74, 6) is -0.877. The maximum atomic E-state index is 12.9. The summed E-state index contributed by atoms with van der Waals surface area (Å²) >= 11 is 0. The zero-order chi connectivity index (χ0) is 20.8. The van der Waals surface area contributed by atoms with Crippen molar-refractivity contribution >= 4 is 11.8 Å². The third kappa shape index (κ3) is 4.84. The van der Waals surface area contributed by atoms with Gasteiger partial charge in [-0.15, -0.1) is 0 Å². The molecule has 0 radical (unpaired) electrons. The third-order valence-electron chi connectivity index (χ3n) is 4.20. The van der Waals surface area contributed by atoms with Crippen LogP contribution in [0.2, 0.25) is 0 Å². The Balaban J connectivity index is 1.89. The lowest BCUT2D eigenvalue weighted by molar-refractivity contribution is -0.142. The van der Waals surface area contributed by atoms with Crippen LogP contribution >= 0.6 is 0 Å². The Morgan fingerprint density at radius 1 is 1.17 bits per heavy atom. The van der Waals surface area contributed by atoms with Crippen molar-refractivity contribution in [1.82, 2.24) is 19.6 Å². The summed E-state index contributed by atoms with van der Waals surface area (Å²) in [5, 5.41) is 8.46. The number of hydrogen-bond acceptors (Lipinski definition) is 6. The second-order valence-electron chi connectivity index (χ2n) is 6.45. The highest BCUT2D eigenvalue weighted by atomic mass is 16.5. The molecule has 0 atom stereocenters. The van der Waals surface area contributed by atoms with Crippen LogP contribution in [0.1, 0.15) is 41.9 Å². The van der Waals surface area contributed by atoms with E-state index < -0.39 is 11.2 Å². The van der Waals surface area contributed by atoms with Crippen LogP contribution in [0.25, 0.3) is 5.69 Å². The van der Waals surface area contributed by atoms with Crippen molar-refractivity contribution < 1.29 is 14.3 Å². The number of esters is 1. The molecule has 0 saturated heterocycles. The smallest absolute Gasteiger partial charge is 0.310 e. The number of carbonyl (C=O) groups is 2. The van der Waals surface area contributed by atoms with Gasteiger partial charge in [-0.2, -0.15) is 10.2 Å². The van der Waals surface area contributed by atoms with E-state index in [4.69, 9.17) is 4.74 Å². The van der Waals surface area contributed by atoms with Crippen molar-refractivity contribution in [1.29, 1.82) is 0 Å². The molecule has 1 aromatic carbocycles. The van der Waals surface area contributed by atoms with E-state index in [0.29, 0.717) is 17.9 Å². The Bertz CT molecular complexity index is 1080. The number of hydrogen-bond donors (Lipinski definition) is 0. The van der Waals surface area contributed by atoms with Crippen molar-refractivity contribution in [3.63, 3.8) is 0 Å². The number of ether oxygens (including phenoxy) is 1. The molecule has 2 heterocycles. The van der Waals surface area contributed by atoms with Crippen LogP contribution in [0, 0.1) is 0 Å². The maximum Gasteiger partial charge on any atom is 0.310 e. The average Bonchev–Trinajstić information content (AvgIpc) is 3.17. The zero-order valence-electron chi connectivity index (χ0n) is 16.4. The molecule has 0 bridgehead atoms. The number of ketones is 1. The summed E-state index contributed by atoms with van der Waals surface area (Å²) in [4.78, 5) is 36.9. The van der Waals surface area contributed by atoms with E-state index in [9.17, 15) is 14.4 Å². The molecule has 0 N–H and O–H groups in total. The van der Waals surface area contributed by atoms with E-state index in [1.807, 2.05) is 6.92 Å². The van der Waals surface area contributed by atoms with Crippen molar-refractivity contribution in [2.24, 2.45) is 0 Å². The highest BCUT2D eigenvalue weighted by Gasteiger charge is 2.17. The zero-order valence-corrected chi connectivity index (χ0v) is 16.4. The molecular formula is C21H22N4O4. The summed E-state index contributed by atoms with van der Waals surface area (Å²) in [7, 11) is 0. The lowest BCUT2D eigenvalue weighted by atomic mass is 10.0. The fraction of sp³-hybridized carbons (Fsp3) is 0.286. The second kappa shape index (κ2) is 9.09. The van der Waals surface area contributed by atoms with Crippen LogP contribution in [0.4, 0.5) is 0 Å². The number of carbonyl (C=O) groups excluding carboxylic acids is 2. The monoisotopic (exact) mass is 394 g/mol. The number of nitrogens with zero attached hydrogens (tertiary/aromatic N) is 4. The minimum atomic E-state index is -0.504. The molecule has 2 aromatic heterocycles. The van der Waals surface area contributed by atoms with Gasteiger partial charge in [0.2, 0.25) is 11.2 Å². The van der Waals surface area contributed by atoms with E-state index in [-0.39, 0.29) is 23.6 Å². The molecule has 3 aromatic rings. The summed E-state index contributed by atoms with van der Waals surface area (Å²) in [6, 6.07) is 7.87. The van der Waals surface area contributed by atoms with Gasteiger partial charge in [0.15, 0.2) is 5.69 Å². The van der Waals surface area contributed by atoms with E-state index in [1.165, 1.54) is 16.9 Å². The Morgan fingerprint density at radius 3 is 2.76 bits per heavy atom. The number of aryl methyl sites for hydroxylation is 1. The number of aromatic nitrogens is 4. The number of rotatable bonds is 8. The molecule has 0 aliphatic rings. The fourth-order valence-corrected chi connectivity index (χ4v) is 2.87. The first kappa shape index (κ1) is 20.2. The van der Waals surface area contributed by atoms with Crippen LogP contribution < -0.4 is 5.43 Å². The van der Waals surface area contributed by atoms with Crippen LogP contribution in [0.5, 0.6) is 0 Å². The summed E-state index contributed by atoms with van der Waals surface area (Å²) in [5.41, 5.74) is 0.915. The maximum absolute atomic E-state index is 12.9. The van der Waals surface area contributed by atoms with Crippen LogP contribution in [-0.2, 0) is 22.5 Å². The minimum Gasteiger partial charge on any atom is -0.466 e. The van der Waals surface area contributed by atoms with Gasteiger partial charge in [-0.05, 0) is 25.0 Å². The second-order valence-corrected chi connectivity index (χ2v) is 6.45. The molecule has 8 heteroatoms. The van der Waals surface area contributed by atoms with E-state index in [1.54, 1.807) is 48.3 Å². The molecule has 29 heavy (non-hydrogen) atoms. The van der Waals surface area contributed by atoms with Gasteiger partial charge >= 0.3 is 5.97 Å². The topological polar surface area (TPSA) is 96.1 Å². The molecular weight excluding hydrogens is 372 g/mol. The van der Waals surface area contributed by atoms with E-state index in [0.717, 1.165) is 13.0 Å². The molecule has 0 amide bonds. The van der Waals surface area contributed by atoms with E-state index in [2.05, 4.69) is 10.2 Å². The largest absolute Gasteiger partial charge is 0.466 e. The molecule has 150 valence electrons. The standard InChI is InChI=1S/C21H22N4O4/c1-3-9-24-14-17(13-22-24)25-10-8-18(26)20(23-25)21(28)16-7-5-6-15(11-16)12-19(27)29-4-2/h5-8,10-11,13-14H,3-4,9,12H2,1-2H3. The van der Waals surface area contributed by atoms with Gasteiger partial charge in [0, 0.05) is 24.4 Å². The first-order valence-corrected chi connectivity index (χ1v) is 9.44. The Kier molecular flexibility index (Phi) is 6.33. The molecule has 0 unspecified atom stereocenters. The van der Waals surface area contributed by atoms with Gasteiger partial charge in [-0.3, -0.25) is 19.1 Å². The highest BCUT2D eigenvalue weighted by molar-refractivity contribution is 6.07. The fourth-order valence-electron chi connectivity index (χ4n) is 2.87. The van der Waals surface area contributed by atoms with Crippen molar-refractivity contribution in [2.45, 2.75) is 33.2 Å². The van der Waals surface area contributed by atoms with Gasteiger partial charge in [-0.25, -0.2) is 4.68 Å². The Morgan fingerprint density at radius 2 is 2.00 bits per heavy atom. The van der Waals surface area contributed by atoms with Crippen LogP contribution in [0.15, 0.2) is 53.7 Å². The van der Waals surface area contributed by atoms with E-state index >= 15 is 0 Å². The normalized spacial score (nSPS) is 10.7. The molecule has 0 spiro atoms. The van der Waals surface area contributed by atoms with Gasteiger partial charge < -0.3 is 4.74 Å². The van der Waals surface area contributed by atoms with Crippen molar-refractivity contribution in [3.8, 4) is 5.69 Å². The van der Waals surface area contributed by atoms with Crippen LogP contribution in [0.3, 0.4) is 0 Å². The number of benzene rings is 1. The Hall–Kier alpha value is -3.55. The molecule has 0 aliphatic heterocycles. The molecule has 0 saturated carbocycles. The lowest BCUT2D eigenvalue weighted by Crippen LogP contribution is -2.21. The van der Waals surface area contributed by atoms with Crippen molar-refractivity contribution in [3.05, 3.63) is 76.0 Å². The summed E-state index contributed by atoms with van der Waals surface area (Å²) in [6.07, 6.45) is 5.92. The quantitative estimate of drug-likeness (QED) is 0.429. The average molecular weight is 394 g/mol. The predicted octanol–water partition coefficient (Wildman–Crippen LogP) is 2.18. The molecule has 8 nitrogen and oxygen atoms in total. The third-order valence-corrected chi connectivity index (χ3v) is 4.20. The molecule has 0 fully saturated rings. The van der Waals surface area contributed by atoms with Crippen LogP contribution in [-0.4, -0.2) is 37.9 Å². The Labute approximate surface area is 167 Å². The first-order valence-electron chi connectivity index (χ1n) is 9.44.